The molecule has 0 saturated heterocycles. The number of rotatable bonds is 6. The van der Waals surface area contributed by atoms with Crippen LogP contribution in [0.5, 0.6) is 0 Å². The molecular weight excluding hydrogens is 196 g/mol. The molecule has 0 fully saturated rings. The maximum absolute atomic E-state index is 10.6. The fourth-order valence-electron chi connectivity index (χ4n) is 0.657. The molecule has 0 spiro atoms. The summed E-state index contributed by atoms with van der Waals surface area (Å²) in [5, 5.41) is 3.22. The van der Waals surface area contributed by atoms with Gasteiger partial charge in [0, 0.05) is 11.9 Å². The molecule has 74 valence electrons. The van der Waals surface area contributed by atoms with Gasteiger partial charge >= 0.3 is 0 Å². The van der Waals surface area contributed by atoms with Crippen molar-refractivity contribution in [1.82, 2.24) is 10.0 Å². The molecule has 0 amide bonds. The first-order chi connectivity index (χ1) is 5.42. The van der Waals surface area contributed by atoms with Crippen LogP contribution < -0.4 is 10.0 Å². The van der Waals surface area contributed by atoms with E-state index in [2.05, 4.69) is 22.7 Å². The van der Waals surface area contributed by atoms with E-state index < -0.39 is 10.0 Å². The summed E-state index contributed by atoms with van der Waals surface area (Å²) >= 11 is 4.11. The van der Waals surface area contributed by atoms with E-state index in [1.165, 1.54) is 0 Å². The molecule has 4 nitrogen and oxygen atoms in total. The van der Waals surface area contributed by atoms with Crippen molar-refractivity contribution in [3.8, 4) is 0 Å². The lowest BCUT2D eigenvalue weighted by Gasteiger charge is -2.06. The van der Waals surface area contributed by atoms with Crippen molar-refractivity contribution in [2.75, 3.05) is 19.3 Å². The molecule has 0 aliphatic heterocycles. The van der Waals surface area contributed by atoms with Crippen molar-refractivity contribution in [3.63, 3.8) is 0 Å². The summed E-state index contributed by atoms with van der Waals surface area (Å²) in [5.41, 5.74) is 0. The third-order valence-corrected chi connectivity index (χ3v) is 2.07. The van der Waals surface area contributed by atoms with E-state index in [0.717, 1.165) is 19.2 Å². The molecule has 0 aromatic rings. The highest BCUT2D eigenvalue weighted by Gasteiger charge is 1.98. The Balaban J connectivity index is 3.23. The zero-order valence-corrected chi connectivity index (χ0v) is 9.08. The van der Waals surface area contributed by atoms with Gasteiger partial charge in [-0.1, -0.05) is 0 Å². The highest BCUT2D eigenvalue weighted by atomic mass is 32.2. The molecule has 12 heavy (non-hydrogen) atoms. The maximum atomic E-state index is 10.6. The smallest absolute Gasteiger partial charge is 0.208 e. The Labute approximate surface area is 79.6 Å². The van der Waals surface area contributed by atoms with E-state index in [1.54, 1.807) is 0 Å². The maximum Gasteiger partial charge on any atom is 0.208 e. The lowest BCUT2D eigenvalue weighted by molar-refractivity contribution is 0.579. The van der Waals surface area contributed by atoms with Crippen LogP contribution in [0, 0.1) is 0 Å². The van der Waals surface area contributed by atoms with Crippen molar-refractivity contribution < 1.29 is 8.42 Å². The number of thiol groups is 1. The lowest BCUT2D eigenvalue weighted by atomic mass is 10.4. The van der Waals surface area contributed by atoms with Crippen LogP contribution in [0.1, 0.15) is 13.3 Å². The Bertz CT molecular complexity index is 202. The molecule has 0 radical (unpaired) electrons. The Hall–Kier alpha value is 0.220. The van der Waals surface area contributed by atoms with Gasteiger partial charge in [0.05, 0.1) is 6.26 Å². The molecule has 0 aliphatic carbocycles. The number of sulfonamides is 1. The molecule has 0 bridgehead atoms. The van der Waals surface area contributed by atoms with E-state index in [-0.39, 0.29) is 5.37 Å². The van der Waals surface area contributed by atoms with Crippen LogP contribution in [-0.4, -0.2) is 33.1 Å². The van der Waals surface area contributed by atoms with Gasteiger partial charge in [-0.2, -0.15) is 12.6 Å². The van der Waals surface area contributed by atoms with Gasteiger partial charge in [0.15, 0.2) is 0 Å². The predicted octanol–water partition coefficient (Wildman–Crippen LogP) is -0.209. The lowest BCUT2D eigenvalue weighted by Crippen LogP contribution is -2.28. The summed E-state index contributed by atoms with van der Waals surface area (Å²) < 4.78 is 23.6. The zero-order valence-electron chi connectivity index (χ0n) is 7.37. The molecule has 0 aromatic carbocycles. The van der Waals surface area contributed by atoms with Gasteiger partial charge in [-0.05, 0) is 19.9 Å². The quantitative estimate of drug-likeness (QED) is 0.324. The van der Waals surface area contributed by atoms with E-state index in [0.29, 0.717) is 6.54 Å². The molecule has 6 heteroatoms. The first-order valence-electron chi connectivity index (χ1n) is 3.78. The third-order valence-electron chi connectivity index (χ3n) is 1.16. The van der Waals surface area contributed by atoms with Crippen molar-refractivity contribution >= 4 is 22.7 Å². The number of hydrogen-bond donors (Lipinski definition) is 3. The van der Waals surface area contributed by atoms with Crippen LogP contribution in [0.25, 0.3) is 0 Å². The fraction of sp³-hybridized carbons (Fsp3) is 1.00. The van der Waals surface area contributed by atoms with Gasteiger partial charge in [-0.3, -0.25) is 0 Å². The molecule has 0 aromatic heterocycles. The van der Waals surface area contributed by atoms with Crippen LogP contribution in [0.4, 0.5) is 0 Å². The van der Waals surface area contributed by atoms with E-state index >= 15 is 0 Å². The van der Waals surface area contributed by atoms with Gasteiger partial charge in [0.2, 0.25) is 10.0 Å². The Kier molecular flexibility index (Phi) is 5.90. The highest BCUT2D eigenvalue weighted by molar-refractivity contribution is 7.88. The second-order valence-electron chi connectivity index (χ2n) is 2.65. The minimum Gasteiger partial charge on any atom is -0.306 e. The minimum atomic E-state index is -3.02. The Morgan fingerprint density at radius 2 is 2.00 bits per heavy atom. The van der Waals surface area contributed by atoms with Crippen LogP contribution >= 0.6 is 12.6 Å². The summed E-state index contributed by atoms with van der Waals surface area (Å²) in [6.07, 6.45) is 1.93. The molecule has 1 atom stereocenters. The Morgan fingerprint density at radius 1 is 1.42 bits per heavy atom. The summed E-state index contributed by atoms with van der Waals surface area (Å²) in [7, 11) is -3.02. The first kappa shape index (κ1) is 12.2. The molecule has 0 aliphatic rings. The van der Waals surface area contributed by atoms with Crippen molar-refractivity contribution in [1.29, 1.82) is 0 Å². The van der Waals surface area contributed by atoms with Crippen LogP contribution in [-0.2, 0) is 10.0 Å². The molecule has 2 N–H and O–H groups in total. The van der Waals surface area contributed by atoms with Crippen molar-refractivity contribution in [2.24, 2.45) is 0 Å². The van der Waals surface area contributed by atoms with Crippen molar-refractivity contribution in [2.45, 2.75) is 18.7 Å². The monoisotopic (exact) mass is 212 g/mol. The SMILES string of the molecule is CC(S)NCCCNS(C)(=O)=O. The minimum absolute atomic E-state index is 0.156. The second kappa shape index (κ2) is 5.80. The summed E-state index contributed by atoms with van der Waals surface area (Å²) in [6.45, 7) is 3.17. The molecule has 0 rings (SSSR count). The van der Waals surface area contributed by atoms with Gasteiger partial charge in [0.1, 0.15) is 0 Å². The van der Waals surface area contributed by atoms with Crippen molar-refractivity contribution in [3.05, 3.63) is 0 Å². The normalized spacial score (nSPS) is 14.6. The Morgan fingerprint density at radius 3 is 2.42 bits per heavy atom. The van der Waals surface area contributed by atoms with E-state index in [9.17, 15) is 8.42 Å². The first-order valence-corrected chi connectivity index (χ1v) is 6.18. The summed E-state index contributed by atoms with van der Waals surface area (Å²) in [4.78, 5) is 0. The third kappa shape index (κ3) is 10.2. The standard InChI is InChI=1S/C6H16N2O2S2/c1-6(11)7-4-3-5-8-12(2,9)10/h6-8,11H,3-5H2,1-2H3. The van der Waals surface area contributed by atoms with Gasteiger partial charge in [-0.25, -0.2) is 13.1 Å². The van der Waals surface area contributed by atoms with Crippen LogP contribution in [0.3, 0.4) is 0 Å². The van der Waals surface area contributed by atoms with Gasteiger partial charge in [-0.15, -0.1) is 0 Å². The van der Waals surface area contributed by atoms with E-state index in [1.807, 2.05) is 6.92 Å². The largest absolute Gasteiger partial charge is 0.306 e. The number of hydrogen-bond acceptors (Lipinski definition) is 4. The average Bonchev–Trinajstić information content (AvgIpc) is 1.83. The topological polar surface area (TPSA) is 58.2 Å². The molecule has 0 heterocycles. The molecular formula is C6H16N2O2S2. The van der Waals surface area contributed by atoms with Gasteiger partial charge < -0.3 is 5.32 Å². The van der Waals surface area contributed by atoms with Gasteiger partial charge in [0.25, 0.3) is 0 Å². The summed E-state index contributed by atoms with van der Waals surface area (Å²) in [5.74, 6) is 0. The van der Waals surface area contributed by atoms with Crippen LogP contribution in [0.2, 0.25) is 0 Å². The molecule has 0 saturated carbocycles. The fourth-order valence-corrected chi connectivity index (χ4v) is 1.30. The van der Waals surface area contributed by atoms with E-state index in [4.69, 9.17) is 0 Å². The number of nitrogens with one attached hydrogen (secondary N) is 2. The average molecular weight is 212 g/mol. The highest BCUT2D eigenvalue weighted by Crippen LogP contribution is 1.85. The predicted molar refractivity (Wildman–Crippen MR) is 53.9 cm³/mol. The summed E-state index contributed by atoms with van der Waals surface area (Å²) in [6, 6.07) is 0. The second-order valence-corrected chi connectivity index (χ2v) is 5.26. The zero-order chi connectivity index (χ0) is 9.61. The van der Waals surface area contributed by atoms with Crippen LogP contribution in [0.15, 0.2) is 0 Å². The molecule has 1 unspecified atom stereocenters.